The molecule has 768 valence electrons. The highest BCUT2D eigenvalue weighted by Gasteiger charge is 2.48. The van der Waals surface area contributed by atoms with E-state index in [0.717, 1.165) is 44.9 Å². The van der Waals surface area contributed by atoms with Crippen molar-refractivity contribution in [1.29, 1.82) is 0 Å². The van der Waals surface area contributed by atoms with Gasteiger partial charge in [0, 0.05) is 65.9 Å². The summed E-state index contributed by atoms with van der Waals surface area (Å²) in [6, 6.07) is -6.71. The number of hydrogen-bond donors (Lipinski definition) is 19. The summed E-state index contributed by atoms with van der Waals surface area (Å²) in [4.78, 5) is 132. The van der Waals surface area contributed by atoms with Gasteiger partial charge in [0.25, 0.3) is 0 Å². The number of ether oxygens (including phenoxy) is 14. The monoisotopic (exact) mass is 1900 g/mol. The Kier molecular flexibility index (Phi) is 69.8. The van der Waals surface area contributed by atoms with Gasteiger partial charge in [0.05, 0.1) is 150 Å². The van der Waals surface area contributed by atoms with Crippen LogP contribution in [0.5, 0.6) is 0 Å². The summed E-state index contributed by atoms with van der Waals surface area (Å²) in [5.74, 6) is -5.55. The maximum atomic E-state index is 14.8. The van der Waals surface area contributed by atoms with Crippen LogP contribution in [0, 0.1) is 5.92 Å². The van der Waals surface area contributed by atoms with Crippen LogP contribution in [-0.2, 0) is 114 Å². The minimum Gasteiger partial charge on any atom is -0.396 e. The summed E-state index contributed by atoms with van der Waals surface area (Å²) in [7, 11) is 0. The van der Waals surface area contributed by atoms with Crippen LogP contribution in [0.4, 0.5) is 0 Å². The van der Waals surface area contributed by atoms with Crippen molar-refractivity contribution >= 4 is 59.1 Å². The summed E-state index contributed by atoms with van der Waals surface area (Å²) in [6.45, 7) is 7.75. The van der Waals surface area contributed by atoms with Gasteiger partial charge in [0.2, 0.25) is 59.1 Å². The second-order valence-corrected chi connectivity index (χ2v) is 33.4. The SMILES string of the molecule is CCCCCCCCCCCCCCCC(=O)NCCCC[C@H](NC(=O)[C@H](CCCCNC(=O)COCCOCCOCCO[C@@H]1C[C@H](CO)[C@H](O)[C@H](O)[C@H]1NC(C)=O)NC(=O)[C@H](CCCCNC(=O)COCCOCCOCCO[C@@H]1O[C@H](CO)[C@H](O)[C@H](O)[C@H]1NC(C)=O)NC(=O)COCCOCCOCCO[C@@H]1O[C@H](CO)[C@H](O)[C@H](O)[C@H]1NC(C)=O)C(=O)NCCCCCC. The van der Waals surface area contributed by atoms with E-state index in [-0.39, 0.29) is 196 Å². The number of rotatable bonds is 82. The van der Waals surface area contributed by atoms with Crippen LogP contribution in [0.2, 0.25) is 0 Å². The molecular weight excluding hydrogens is 1740 g/mol. The first-order chi connectivity index (χ1) is 63.8. The van der Waals surface area contributed by atoms with E-state index in [1.165, 1.54) is 78.6 Å². The second kappa shape index (κ2) is 76.8. The first-order valence-electron chi connectivity index (χ1n) is 47.9. The molecular formula is C89H164N10O33. The zero-order valence-electron chi connectivity index (χ0n) is 78.8. The van der Waals surface area contributed by atoms with Gasteiger partial charge in [0.1, 0.15) is 92.8 Å². The number of hydrogen-bond acceptors (Lipinski definition) is 33. The normalized spacial score (nSPS) is 22.6. The molecule has 43 heteroatoms. The van der Waals surface area contributed by atoms with E-state index in [1.54, 1.807) is 0 Å². The second-order valence-electron chi connectivity index (χ2n) is 33.4. The van der Waals surface area contributed by atoms with Gasteiger partial charge in [-0.2, -0.15) is 0 Å². The van der Waals surface area contributed by atoms with Gasteiger partial charge in [-0.3, -0.25) is 47.9 Å². The highest BCUT2D eigenvalue weighted by molar-refractivity contribution is 5.94. The lowest BCUT2D eigenvalue weighted by Gasteiger charge is -2.42. The highest BCUT2D eigenvalue weighted by atomic mass is 16.7. The standard InChI is InChI=1S/C89H164N10O33/c1-6-8-10-12-13-14-15-16-17-18-19-20-21-32-72(106)90-33-26-22-29-66(85(116)93-36-25-11-9-7-2)98-87(118)68(31-24-28-35-92-74(108)60-125-46-43-119-37-40-122-49-52-128-69-55-65(56-100)79(110)82(113)76(69)94-62(3)103)99-86(117)67(97-75(109)61-127-48-45-121-39-42-124-51-54-130-89-78(96-64(5)105)84(115)81(112)71(58-102)132-89)30-23-27-34-91-73(107)59-126-47-44-120-38-41-123-50-53-129-88-77(95-63(4)104)83(114)80(111)70(57-101)131-88/h65-71,76-84,88-89,100-102,110-115H,6-61H2,1-5H3,(H,90,106)(H,91,107)(H,92,108)(H,93,116)(H,94,103)(H,95,104)(H,96,105)(H,97,109)(H,98,118)(H,99,117)/t65-,66+,67+,68+,69-,70-,71-,76+,77-,78-,79+,80+,81+,82-,83-,84-,88-,89-/m1/s1. The van der Waals surface area contributed by atoms with Crippen molar-refractivity contribution < 1.29 is 160 Å². The van der Waals surface area contributed by atoms with E-state index in [0.29, 0.717) is 51.6 Å². The Bertz CT molecular complexity index is 3060. The van der Waals surface area contributed by atoms with Crippen molar-refractivity contribution in [3.05, 3.63) is 0 Å². The average Bonchev–Trinajstić information content (AvgIpc) is 0.815. The van der Waals surface area contributed by atoms with Gasteiger partial charge in [-0.25, -0.2) is 0 Å². The lowest BCUT2D eigenvalue weighted by molar-refractivity contribution is -0.272. The molecule has 0 aromatic carbocycles. The van der Waals surface area contributed by atoms with Gasteiger partial charge in [-0.15, -0.1) is 0 Å². The fourth-order valence-electron chi connectivity index (χ4n) is 14.9. The highest BCUT2D eigenvalue weighted by Crippen LogP contribution is 2.29. The van der Waals surface area contributed by atoms with Gasteiger partial charge in [0.15, 0.2) is 12.6 Å². The number of unbranched alkanes of at least 4 members (excludes halogenated alkanes) is 18. The third-order valence-electron chi connectivity index (χ3n) is 22.2. The molecule has 132 heavy (non-hydrogen) atoms. The number of amides is 10. The molecule has 19 N–H and O–H groups in total. The van der Waals surface area contributed by atoms with Crippen LogP contribution < -0.4 is 53.2 Å². The molecule has 0 aromatic heterocycles. The quantitative estimate of drug-likeness (QED) is 0.0298. The minimum atomic E-state index is -1.49. The maximum absolute atomic E-state index is 14.8. The van der Waals surface area contributed by atoms with Gasteiger partial charge in [-0.1, -0.05) is 110 Å². The number of nitrogens with one attached hydrogen (secondary N) is 10. The van der Waals surface area contributed by atoms with E-state index in [9.17, 15) is 93.9 Å². The van der Waals surface area contributed by atoms with Crippen LogP contribution in [0.25, 0.3) is 0 Å². The molecule has 0 spiro atoms. The number of carbonyl (C=O) groups is 10. The molecule has 10 amide bonds. The molecule has 0 aromatic rings. The number of aliphatic hydroxyl groups is 9. The van der Waals surface area contributed by atoms with Crippen LogP contribution >= 0.6 is 0 Å². The Morgan fingerprint density at radius 2 is 0.621 bits per heavy atom. The largest absolute Gasteiger partial charge is 0.396 e. The lowest BCUT2D eigenvalue weighted by atomic mass is 9.79. The zero-order chi connectivity index (χ0) is 96.7. The van der Waals surface area contributed by atoms with Crippen LogP contribution in [0.3, 0.4) is 0 Å². The molecule has 1 saturated carbocycles. The minimum absolute atomic E-state index is 0.0100. The molecule has 43 nitrogen and oxygen atoms in total. The zero-order valence-corrected chi connectivity index (χ0v) is 78.8. The maximum Gasteiger partial charge on any atom is 0.246 e. The van der Waals surface area contributed by atoms with Crippen LogP contribution in [-0.4, -0.2) is 394 Å². The van der Waals surface area contributed by atoms with Crippen LogP contribution in [0.1, 0.15) is 214 Å². The Morgan fingerprint density at radius 1 is 0.311 bits per heavy atom. The Hall–Kier alpha value is -6.22. The first-order valence-corrected chi connectivity index (χ1v) is 47.9. The average molecular weight is 1900 g/mol. The summed E-state index contributed by atoms with van der Waals surface area (Å²) < 4.78 is 78.4. The van der Waals surface area contributed by atoms with E-state index < -0.39 is 183 Å². The fraction of sp³-hybridized carbons (Fsp3) is 0.888. The smallest absolute Gasteiger partial charge is 0.246 e. The molecule has 2 saturated heterocycles. The fourth-order valence-corrected chi connectivity index (χ4v) is 14.9. The van der Waals surface area contributed by atoms with E-state index >= 15 is 0 Å². The van der Waals surface area contributed by atoms with Crippen molar-refractivity contribution in [2.24, 2.45) is 5.92 Å². The molecule has 0 radical (unpaired) electrons. The predicted molar refractivity (Wildman–Crippen MR) is 478 cm³/mol. The summed E-state index contributed by atoms with van der Waals surface area (Å²) in [6.07, 6.45) is 8.13. The summed E-state index contributed by atoms with van der Waals surface area (Å²) in [5, 5.41) is 119. The van der Waals surface area contributed by atoms with Crippen molar-refractivity contribution in [2.75, 3.05) is 185 Å². The molecule has 0 unspecified atom stereocenters. The van der Waals surface area contributed by atoms with Gasteiger partial charge >= 0.3 is 0 Å². The first kappa shape index (κ1) is 120. The molecule has 2 heterocycles. The Balaban J connectivity index is 1.67. The molecule has 2 aliphatic heterocycles. The third-order valence-corrected chi connectivity index (χ3v) is 22.2. The molecule has 3 rings (SSSR count). The molecule has 3 fully saturated rings. The molecule has 18 atom stereocenters. The summed E-state index contributed by atoms with van der Waals surface area (Å²) in [5.41, 5.74) is 0. The molecule has 3 aliphatic rings. The Labute approximate surface area is 778 Å². The van der Waals surface area contributed by atoms with Crippen molar-refractivity contribution in [3.8, 4) is 0 Å². The van der Waals surface area contributed by atoms with Crippen molar-refractivity contribution in [1.82, 2.24) is 53.2 Å². The van der Waals surface area contributed by atoms with E-state index in [4.69, 9.17) is 66.3 Å². The predicted octanol–water partition coefficient (Wildman–Crippen LogP) is -1.83. The van der Waals surface area contributed by atoms with Gasteiger partial charge < -0.3 is 165 Å². The van der Waals surface area contributed by atoms with Gasteiger partial charge in [-0.05, 0) is 77.0 Å². The lowest BCUT2D eigenvalue weighted by Crippen LogP contribution is -2.64. The summed E-state index contributed by atoms with van der Waals surface area (Å²) >= 11 is 0. The Morgan fingerprint density at radius 3 is 1.01 bits per heavy atom. The topological polar surface area (TPSA) is 602 Å². The molecule has 0 bridgehead atoms. The van der Waals surface area contributed by atoms with E-state index in [2.05, 4.69) is 67.0 Å². The molecule has 1 aliphatic carbocycles. The van der Waals surface area contributed by atoms with Crippen molar-refractivity contribution in [3.63, 3.8) is 0 Å². The van der Waals surface area contributed by atoms with Crippen molar-refractivity contribution in [2.45, 2.75) is 318 Å². The van der Waals surface area contributed by atoms with E-state index in [1.807, 2.05) is 0 Å². The van der Waals surface area contributed by atoms with Crippen LogP contribution in [0.15, 0.2) is 0 Å². The third kappa shape index (κ3) is 55.2. The number of aliphatic hydroxyl groups excluding tert-OH is 9. The number of carbonyl (C=O) groups excluding carboxylic acids is 10.